The number of rotatable bonds is 4. The second-order valence-corrected chi connectivity index (χ2v) is 5.42. The van der Waals surface area contributed by atoms with Crippen molar-refractivity contribution in [2.45, 2.75) is 20.8 Å². The number of nitrogens with zero attached hydrogens (tertiary/aromatic N) is 2. The molecule has 0 amide bonds. The number of nitrogens with one attached hydrogen (secondary N) is 1. The molecule has 0 fully saturated rings. The van der Waals surface area contributed by atoms with Crippen LogP contribution in [0.2, 0.25) is 0 Å². The van der Waals surface area contributed by atoms with Crippen molar-refractivity contribution >= 4 is 17.5 Å². The van der Waals surface area contributed by atoms with Crippen LogP contribution in [0, 0.1) is 0 Å². The van der Waals surface area contributed by atoms with Crippen molar-refractivity contribution in [2.75, 3.05) is 12.4 Å². The monoisotopic (exact) mass is 361 g/mol. The average Bonchev–Trinajstić information content (AvgIpc) is 2.76. The molecule has 0 aliphatic heterocycles. The van der Waals surface area contributed by atoms with Crippen molar-refractivity contribution in [1.29, 1.82) is 0 Å². The van der Waals surface area contributed by atoms with E-state index >= 15 is 0 Å². The molecule has 0 spiro atoms. The third-order valence-corrected chi connectivity index (χ3v) is 3.52. The van der Waals surface area contributed by atoms with Gasteiger partial charge in [0.05, 0.1) is 11.4 Å². The largest absolute Gasteiger partial charge is 0.388 e. The second-order valence-electron chi connectivity index (χ2n) is 5.42. The van der Waals surface area contributed by atoms with Crippen molar-refractivity contribution in [3.8, 4) is 11.4 Å². The molecule has 0 radical (unpaired) electrons. The van der Waals surface area contributed by atoms with Crippen molar-refractivity contribution < 1.29 is 4.79 Å². The van der Waals surface area contributed by atoms with Gasteiger partial charge >= 0.3 is 0 Å². The van der Waals surface area contributed by atoms with Crippen LogP contribution in [0.25, 0.3) is 17.0 Å². The van der Waals surface area contributed by atoms with Crippen molar-refractivity contribution in [3.05, 3.63) is 84.7 Å². The summed E-state index contributed by atoms with van der Waals surface area (Å²) in [7, 11) is 1.91. The molecule has 2 aromatic heterocycles. The summed E-state index contributed by atoms with van der Waals surface area (Å²) in [4.78, 5) is 18.7. The molecule has 0 atom stereocenters. The van der Waals surface area contributed by atoms with Crippen LogP contribution in [0.3, 0.4) is 0 Å². The van der Waals surface area contributed by atoms with Crippen LogP contribution in [-0.4, -0.2) is 23.3 Å². The van der Waals surface area contributed by atoms with Gasteiger partial charge in [0, 0.05) is 30.7 Å². The van der Waals surface area contributed by atoms with Crippen molar-refractivity contribution in [3.63, 3.8) is 0 Å². The number of hydrogen-bond acceptors (Lipinski definition) is 4. The van der Waals surface area contributed by atoms with Crippen LogP contribution < -0.4 is 5.32 Å². The van der Waals surface area contributed by atoms with Crippen LogP contribution in [0.1, 0.15) is 36.7 Å². The molecule has 0 saturated carbocycles. The smallest absolute Gasteiger partial charge is 0.151 e. The summed E-state index contributed by atoms with van der Waals surface area (Å²) in [5, 5.41) is 3.06. The fourth-order valence-corrected chi connectivity index (χ4v) is 2.06. The lowest BCUT2D eigenvalue weighted by Gasteiger charge is -2.01. The fourth-order valence-electron chi connectivity index (χ4n) is 2.06. The van der Waals surface area contributed by atoms with Gasteiger partial charge in [-0.05, 0) is 48.9 Å². The van der Waals surface area contributed by atoms with Crippen molar-refractivity contribution in [2.24, 2.45) is 0 Å². The number of pyridine rings is 2. The molecule has 1 N–H and O–H groups in total. The third kappa shape index (κ3) is 7.24. The first-order chi connectivity index (χ1) is 13.1. The van der Waals surface area contributed by atoms with E-state index in [1.165, 1.54) is 11.8 Å². The number of anilines is 1. The normalized spacial score (nSPS) is 9.04. The predicted octanol–water partition coefficient (Wildman–Crippen LogP) is 5.74. The molecule has 4 nitrogen and oxygen atoms in total. The lowest BCUT2D eigenvalue weighted by atomic mass is 10.1. The van der Waals surface area contributed by atoms with E-state index in [2.05, 4.69) is 34.0 Å². The molecule has 3 rings (SSSR count). The summed E-state index contributed by atoms with van der Waals surface area (Å²) in [6.45, 7) is 9.87. The number of aldehydes is 1. The van der Waals surface area contributed by atoms with Gasteiger partial charge in [-0.2, -0.15) is 0 Å². The van der Waals surface area contributed by atoms with E-state index in [4.69, 9.17) is 0 Å². The van der Waals surface area contributed by atoms with Gasteiger partial charge in [-0.3, -0.25) is 14.8 Å². The molecule has 3 aromatic rings. The Morgan fingerprint density at radius 1 is 0.963 bits per heavy atom. The minimum absolute atomic E-state index is 0.574. The first-order valence-electron chi connectivity index (χ1n) is 8.90. The Hall–Kier alpha value is -3.27. The summed E-state index contributed by atoms with van der Waals surface area (Å²) in [6, 6.07) is 17.4. The Labute approximate surface area is 162 Å². The molecule has 0 unspecified atom stereocenters. The molecule has 0 saturated heterocycles. The van der Waals surface area contributed by atoms with Gasteiger partial charge in [-0.25, -0.2) is 0 Å². The van der Waals surface area contributed by atoms with Gasteiger partial charge in [0.1, 0.15) is 0 Å². The third-order valence-electron chi connectivity index (χ3n) is 3.52. The summed E-state index contributed by atoms with van der Waals surface area (Å²) in [5.41, 5.74) is 5.59. The van der Waals surface area contributed by atoms with E-state index in [1.807, 2.05) is 58.2 Å². The Morgan fingerprint density at radius 3 is 2.07 bits per heavy atom. The lowest BCUT2D eigenvalue weighted by molar-refractivity contribution is 0.112. The summed E-state index contributed by atoms with van der Waals surface area (Å²) in [5.74, 6) is 0. The minimum Gasteiger partial charge on any atom is -0.388 e. The number of allylic oxidation sites excluding steroid dienone is 1. The molecule has 4 heteroatoms. The molecule has 1 aromatic carbocycles. The van der Waals surface area contributed by atoms with Crippen LogP contribution in [0.5, 0.6) is 0 Å². The first-order valence-corrected chi connectivity index (χ1v) is 8.90. The average molecular weight is 361 g/mol. The Bertz CT molecular complexity index is 811. The number of aromatic nitrogens is 2. The maximum Gasteiger partial charge on any atom is 0.151 e. The van der Waals surface area contributed by atoms with Gasteiger partial charge in [0.25, 0.3) is 0 Å². The number of hydrogen-bond donors (Lipinski definition) is 1. The Balaban J connectivity index is 0.000000254. The van der Waals surface area contributed by atoms with E-state index in [9.17, 15) is 4.79 Å². The van der Waals surface area contributed by atoms with E-state index < -0.39 is 0 Å². The van der Waals surface area contributed by atoms with E-state index in [0.29, 0.717) is 5.56 Å². The second kappa shape index (κ2) is 12.1. The van der Waals surface area contributed by atoms with Gasteiger partial charge in [-0.15, -0.1) is 0 Å². The summed E-state index contributed by atoms with van der Waals surface area (Å²) >= 11 is 0. The Kier molecular flexibility index (Phi) is 9.79. The SMILES string of the molecule is C=C(C)c1ccc(NC)cc1.CC.O=Cc1ccc(-c2ccccn2)nc1. The maximum absolute atomic E-state index is 10.4. The first kappa shape index (κ1) is 21.8. The van der Waals surface area contributed by atoms with Crippen LogP contribution >= 0.6 is 0 Å². The fraction of sp³-hybridized carbons (Fsp3) is 0.174. The molecular formula is C23H27N3O. The molecule has 27 heavy (non-hydrogen) atoms. The number of carbonyl (C=O) groups excluding carboxylic acids is 1. The highest BCUT2D eigenvalue weighted by atomic mass is 16.1. The summed E-state index contributed by atoms with van der Waals surface area (Å²) in [6.07, 6.45) is 4.02. The molecule has 0 bridgehead atoms. The van der Waals surface area contributed by atoms with Gasteiger partial charge < -0.3 is 5.32 Å². The highest BCUT2D eigenvalue weighted by Crippen LogP contribution is 2.14. The molecule has 0 aliphatic rings. The number of carbonyl (C=O) groups is 1. The van der Waals surface area contributed by atoms with E-state index in [-0.39, 0.29) is 0 Å². The molecular weight excluding hydrogens is 334 g/mol. The standard InChI is InChI=1S/C11H8N2O.C10H13N.C2H6/c14-8-9-4-5-11(13-7-9)10-3-1-2-6-12-10;1-8(2)9-4-6-10(11-3)7-5-9;1-2/h1-8H;4-7,11H,1H2,2-3H3;1-2H3. The quantitative estimate of drug-likeness (QED) is 0.602. The number of benzene rings is 1. The zero-order chi connectivity index (χ0) is 20.1. The zero-order valence-corrected chi connectivity index (χ0v) is 16.4. The van der Waals surface area contributed by atoms with Gasteiger partial charge in [0.15, 0.2) is 6.29 Å². The van der Waals surface area contributed by atoms with E-state index in [1.54, 1.807) is 18.3 Å². The van der Waals surface area contributed by atoms with Crippen molar-refractivity contribution in [1.82, 2.24) is 9.97 Å². The molecule has 2 heterocycles. The van der Waals surface area contributed by atoms with Crippen LogP contribution in [0.15, 0.2) is 73.6 Å². The zero-order valence-electron chi connectivity index (χ0n) is 16.4. The van der Waals surface area contributed by atoms with Gasteiger partial charge in [0.2, 0.25) is 0 Å². The highest BCUT2D eigenvalue weighted by Gasteiger charge is 1.98. The Morgan fingerprint density at radius 2 is 1.63 bits per heavy atom. The molecule has 140 valence electrons. The van der Waals surface area contributed by atoms with Crippen LogP contribution in [-0.2, 0) is 0 Å². The predicted molar refractivity (Wildman–Crippen MR) is 115 cm³/mol. The lowest BCUT2D eigenvalue weighted by Crippen LogP contribution is -1.88. The van der Waals surface area contributed by atoms with E-state index in [0.717, 1.165) is 28.9 Å². The van der Waals surface area contributed by atoms with Crippen LogP contribution in [0.4, 0.5) is 5.69 Å². The summed E-state index contributed by atoms with van der Waals surface area (Å²) < 4.78 is 0. The van der Waals surface area contributed by atoms with Gasteiger partial charge in [-0.1, -0.05) is 44.2 Å². The minimum atomic E-state index is 0.574. The molecule has 0 aliphatic carbocycles. The topological polar surface area (TPSA) is 54.9 Å². The maximum atomic E-state index is 10.4. The highest BCUT2D eigenvalue weighted by molar-refractivity contribution is 5.74.